The smallest absolute Gasteiger partial charge is 0.328 e. The van der Waals surface area contributed by atoms with Gasteiger partial charge in [0, 0.05) is 5.69 Å². The van der Waals surface area contributed by atoms with E-state index in [1.165, 1.54) is 12.1 Å². The molecule has 0 saturated carbocycles. The first-order chi connectivity index (χ1) is 19.1. The van der Waals surface area contributed by atoms with Gasteiger partial charge in [0.05, 0.1) is 34.6 Å². The van der Waals surface area contributed by atoms with E-state index in [1.807, 2.05) is 55.5 Å². The summed E-state index contributed by atoms with van der Waals surface area (Å²) >= 11 is 12.6. The second-order valence-corrected chi connectivity index (χ2v) is 10.4. The van der Waals surface area contributed by atoms with Crippen LogP contribution in [0.25, 0.3) is 0 Å². The molecule has 3 aromatic carbocycles. The second-order valence-electron chi connectivity index (χ2n) is 9.54. The Balaban J connectivity index is 1.34. The molecule has 0 spiro atoms. The van der Waals surface area contributed by atoms with Gasteiger partial charge in [0.2, 0.25) is 5.91 Å². The molecule has 9 nitrogen and oxygen atoms in total. The van der Waals surface area contributed by atoms with Crippen LogP contribution < -0.4 is 21.3 Å². The lowest BCUT2D eigenvalue weighted by Crippen LogP contribution is -2.50. The fourth-order valence-electron chi connectivity index (χ4n) is 4.62. The number of urea groups is 1. The Morgan fingerprint density at radius 1 is 1.00 bits per heavy atom. The Hall–Kier alpha value is -4.08. The number of amides is 4. The minimum Gasteiger partial charge on any atom is -0.480 e. The normalized spacial score (nSPS) is 14.5. The summed E-state index contributed by atoms with van der Waals surface area (Å²) in [5.74, 6) is -2.49. The first-order valence-corrected chi connectivity index (χ1v) is 13.4. The van der Waals surface area contributed by atoms with Gasteiger partial charge in [0.25, 0.3) is 5.91 Å². The average molecular weight is 583 g/mol. The lowest BCUT2D eigenvalue weighted by Gasteiger charge is -2.19. The highest BCUT2D eigenvalue weighted by molar-refractivity contribution is 6.40. The minimum atomic E-state index is -1.45. The largest absolute Gasteiger partial charge is 0.480 e. The molecule has 0 aromatic heterocycles. The number of fused-ring (bicyclic) bond motifs is 1. The molecule has 5 N–H and O–H groups in total. The number of aliphatic carboxylic acids is 1. The van der Waals surface area contributed by atoms with E-state index in [9.17, 15) is 24.3 Å². The molecule has 0 fully saturated rings. The van der Waals surface area contributed by atoms with Gasteiger partial charge in [-0.2, -0.15) is 0 Å². The van der Waals surface area contributed by atoms with Gasteiger partial charge >= 0.3 is 12.0 Å². The fraction of sp³-hybridized carbons (Fsp3) is 0.241. The summed E-state index contributed by atoms with van der Waals surface area (Å²) in [7, 11) is 0. The van der Waals surface area contributed by atoms with Crippen molar-refractivity contribution in [3.63, 3.8) is 0 Å². The van der Waals surface area contributed by atoms with Crippen LogP contribution in [0.1, 0.15) is 45.1 Å². The Labute approximate surface area is 241 Å². The SMILES string of the molecule is Cc1cccc(CC(=O)Nc2cc(Cl)c(C(=O)N[C@@H](CNC(=O)N[C@@H]3CCc4ccccc43)C(=O)O)c(Cl)c2)c1. The number of nitrogens with one attached hydrogen (secondary N) is 4. The molecule has 11 heteroatoms. The number of hydrogen-bond donors (Lipinski definition) is 5. The Morgan fingerprint density at radius 2 is 1.73 bits per heavy atom. The molecule has 1 aliphatic rings. The molecule has 3 aromatic rings. The molecule has 4 amide bonds. The first-order valence-electron chi connectivity index (χ1n) is 12.6. The van der Waals surface area contributed by atoms with E-state index < -0.39 is 23.9 Å². The maximum Gasteiger partial charge on any atom is 0.328 e. The van der Waals surface area contributed by atoms with Crippen molar-refractivity contribution in [3.05, 3.63) is 98.5 Å². The number of hydrogen-bond acceptors (Lipinski definition) is 4. The maximum absolute atomic E-state index is 12.9. The number of carboxylic acids is 1. The highest BCUT2D eigenvalue weighted by Crippen LogP contribution is 2.31. The van der Waals surface area contributed by atoms with Gasteiger partial charge in [-0.15, -0.1) is 0 Å². The quantitative estimate of drug-likeness (QED) is 0.250. The van der Waals surface area contributed by atoms with Crippen LogP contribution in [0, 0.1) is 6.92 Å². The molecular weight excluding hydrogens is 555 g/mol. The summed E-state index contributed by atoms with van der Waals surface area (Å²) in [5.41, 5.74) is 4.18. The van der Waals surface area contributed by atoms with Gasteiger partial charge in [-0.3, -0.25) is 9.59 Å². The number of aryl methyl sites for hydroxylation is 2. The van der Waals surface area contributed by atoms with Crippen LogP contribution in [0.4, 0.5) is 10.5 Å². The van der Waals surface area contributed by atoms with E-state index in [0.29, 0.717) is 0 Å². The third-order valence-corrected chi connectivity index (χ3v) is 7.10. The molecule has 2 atom stereocenters. The van der Waals surface area contributed by atoms with Gasteiger partial charge < -0.3 is 26.4 Å². The lowest BCUT2D eigenvalue weighted by molar-refractivity contribution is -0.139. The number of carbonyl (C=O) groups excluding carboxylic acids is 3. The molecular formula is C29H28Cl2N4O5. The number of rotatable bonds is 9. The van der Waals surface area contributed by atoms with Crippen molar-refractivity contribution in [2.24, 2.45) is 0 Å². The molecule has 0 saturated heterocycles. The number of anilines is 1. The summed E-state index contributed by atoms with van der Waals surface area (Å²) in [4.78, 5) is 49.6. The number of benzene rings is 3. The van der Waals surface area contributed by atoms with Crippen LogP contribution in [-0.4, -0.2) is 41.5 Å². The monoisotopic (exact) mass is 582 g/mol. The van der Waals surface area contributed by atoms with Crippen LogP contribution in [0.3, 0.4) is 0 Å². The highest BCUT2D eigenvalue weighted by atomic mass is 35.5. The minimum absolute atomic E-state index is 0.0782. The molecule has 0 bridgehead atoms. The van der Waals surface area contributed by atoms with Crippen molar-refractivity contribution < 1.29 is 24.3 Å². The third-order valence-electron chi connectivity index (χ3n) is 6.51. The summed E-state index contributed by atoms with van der Waals surface area (Å²) < 4.78 is 0. The van der Waals surface area contributed by atoms with Crippen LogP contribution in [0.15, 0.2) is 60.7 Å². The van der Waals surface area contributed by atoms with Gasteiger partial charge in [0.15, 0.2) is 0 Å². The van der Waals surface area contributed by atoms with Gasteiger partial charge in [-0.05, 0) is 48.6 Å². The zero-order valence-electron chi connectivity index (χ0n) is 21.6. The molecule has 40 heavy (non-hydrogen) atoms. The van der Waals surface area contributed by atoms with Gasteiger partial charge in [0.1, 0.15) is 6.04 Å². The summed E-state index contributed by atoms with van der Waals surface area (Å²) in [6, 6.07) is 15.9. The van der Waals surface area contributed by atoms with Crippen molar-refractivity contribution in [3.8, 4) is 0 Å². The fourth-order valence-corrected chi connectivity index (χ4v) is 5.28. The van der Waals surface area contributed by atoms with Crippen LogP contribution in [-0.2, 0) is 22.4 Å². The molecule has 4 rings (SSSR count). The maximum atomic E-state index is 12.9. The predicted molar refractivity (Wildman–Crippen MR) is 153 cm³/mol. The van der Waals surface area contributed by atoms with Crippen LogP contribution in [0.2, 0.25) is 10.0 Å². The van der Waals surface area contributed by atoms with E-state index in [2.05, 4.69) is 21.3 Å². The van der Waals surface area contributed by atoms with Crippen molar-refractivity contribution >= 4 is 52.7 Å². The first kappa shape index (κ1) is 28.9. The highest BCUT2D eigenvalue weighted by Gasteiger charge is 2.27. The molecule has 0 heterocycles. The molecule has 0 radical (unpaired) electrons. The molecule has 0 aliphatic heterocycles. The van der Waals surface area contributed by atoms with Gasteiger partial charge in [-0.25, -0.2) is 9.59 Å². The Morgan fingerprint density at radius 3 is 2.42 bits per heavy atom. The van der Waals surface area contributed by atoms with E-state index in [0.717, 1.165) is 35.1 Å². The number of halogens is 2. The van der Waals surface area contributed by atoms with Crippen molar-refractivity contribution in [2.45, 2.75) is 38.3 Å². The van der Waals surface area contributed by atoms with Crippen molar-refractivity contribution in [2.75, 3.05) is 11.9 Å². The second kappa shape index (κ2) is 12.8. The summed E-state index contributed by atoms with van der Waals surface area (Å²) in [6.07, 6.45) is 1.71. The Bertz CT molecular complexity index is 1440. The molecule has 208 valence electrons. The topological polar surface area (TPSA) is 137 Å². The number of carboxylic acid groups (broad SMARTS) is 1. The predicted octanol–water partition coefficient (Wildman–Crippen LogP) is 4.65. The average Bonchev–Trinajstić information content (AvgIpc) is 3.28. The lowest BCUT2D eigenvalue weighted by atomic mass is 10.1. The Kier molecular flexibility index (Phi) is 9.29. The standard InChI is InChI=1S/C29H28Cl2N4O5/c1-16-5-4-6-17(11-16)12-25(36)33-19-13-21(30)26(22(31)14-19)27(37)34-24(28(38)39)15-32-29(40)35-23-10-9-18-7-2-3-8-20(18)23/h2-8,11,13-14,23-24H,9-10,12,15H2,1H3,(H,33,36)(H,34,37)(H,38,39)(H2,32,35,40)/t23-,24+/m1/s1. The van der Waals surface area contributed by atoms with E-state index >= 15 is 0 Å². The van der Waals surface area contributed by atoms with E-state index in [-0.39, 0.29) is 46.2 Å². The molecule has 1 aliphatic carbocycles. The number of carbonyl (C=O) groups is 4. The van der Waals surface area contributed by atoms with E-state index in [1.54, 1.807) is 0 Å². The summed E-state index contributed by atoms with van der Waals surface area (Å²) in [6.45, 7) is 1.56. The van der Waals surface area contributed by atoms with Gasteiger partial charge in [-0.1, -0.05) is 77.3 Å². The third kappa shape index (κ3) is 7.31. The molecule has 0 unspecified atom stereocenters. The van der Waals surface area contributed by atoms with Crippen LogP contribution in [0.5, 0.6) is 0 Å². The summed E-state index contributed by atoms with van der Waals surface area (Å²) in [5, 5.41) is 19.8. The zero-order valence-corrected chi connectivity index (χ0v) is 23.1. The van der Waals surface area contributed by atoms with E-state index in [4.69, 9.17) is 23.2 Å². The van der Waals surface area contributed by atoms with Crippen molar-refractivity contribution in [1.29, 1.82) is 0 Å². The zero-order chi connectivity index (χ0) is 28.8. The van der Waals surface area contributed by atoms with Crippen molar-refractivity contribution in [1.82, 2.24) is 16.0 Å². The van der Waals surface area contributed by atoms with Crippen LogP contribution >= 0.6 is 23.2 Å².